The molecule has 4 nitrogen and oxygen atoms in total. The number of nitrogens with zero attached hydrogens (tertiary/aromatic N) is 2. The maximum Gasteiger partial charge on any atom is 0.356 e. The zero-order valence-electron chi connectivity index (χ0n) is 10.7. The maximum absolute atomic E-state index is 13.0. The van der Waals surface area contributed by atoms with Crippen molar-refractivity contribution in [2.24, 2.45) is 0 Å². The number of aromatic nitrogens is 1. The topological polar surface area (TPSA) is 53.4 Å². The van der Waals surface area contributed by atoms with Crippen molar-refractivity contribution < 1.29 is 14.3 Å². The predicted octanol–water partition coefficient (Wildman–Crippen LogP) is 3.73. The lowest BCUT2D eigenvalue weighted by atomic mass is 10.2. The second-order valence-electron chi connectivity index (χ2n) is 4.03. The van der Waals surface area contributed by atoms with Gasteiger partial charge in [0.2, 0.25) is 0 Å². The lowest BCUT2D eigenvalue weighted by Crippen LogP contribution is -2.18. The van der Waals surface area contributed by atoms with E-state index in [1.165, 1.54) is 18.2 Å². The Morgan fingerprint density at radius 2 is 1.95 bits per heavy atom. The third-order valence-corrected chi connectivity index (χ3v) is 3.07. The van der Waals surface area contributed by atoms with Crippen molar-refractivity contribution in [1.82, 2.24) is 4.98 Å². The van der Waals surface area contributed by atoms with Crippen molar-refractivity contribution in [3.63, 3.8) is 0 Å². The quantitative estimate of drug-likeness (QED) is 0.933. The molecule has 1 heterocycles. The summed E-state index contributed by atoms with van der Waals surface area (Å²) < 4.78 is 13.0. The Bertz CT molecular complexity index is 632. The molecule has 0 atom stereocenters. The highest BCUT2D eigenvalue weighted by atomic mass is 35.5. The SMILES string of the molecule is CCN(c1ccc(F)cc1)c1ccc(Cl)c(C(=O)O)n1. The van der Waals surface area contributed by atoms with Crippen molar-refractivity contribution in [1.29, 1.82) is 0 Å². The fourth-order valence-corrected chi connectivity index (χ4v) is 2.02. The Hall–Kier alpha value is -2.14. The number of carboxylic acids is 1. The number of hydrogen-bond acceptors (Lipinski definition) is 3. The fourth-order valence-electron chi connectivity index (χ4n) is 1.83. The standard InChI is InChI=1S/C14H12ClFN2O2/c1-2-18(10-5-3-9(16)4-6-10)12-8-7-11(15)13(17-12)14(19)20/h3-8H,2H2,1H3,(H,19,20). The van der Waals surface area contributed by atoms with E-state index in [4.69, 9.17) is 16.7 Å². The van der Waals surface area contributed by atoms with Crippen molar-refractivity contribution in [2.45, 2.75) is 6.92 Å². The van der Waals surface area contributed by atoms with Crippen LogP contribution < -0.4 is 4.90 Å². The van der Waals surface area contributed by atoms with Crippen LogP contribution in [0.4, 0.5) is 15.9 Å². The lowest BCUT2D eigenvalue weighted by Gasteiger charge is -2.22. The molecule has 0 aliphatic heterocycles. The van der Waals surface area contributed by atoms with Crippen molar-refractivity contribution >= 4 is 29.1 Å². The van der Waals surface area contributed by atoms with Crippen LogP contribution in [0.5, 0.6) is 0 Å². The minimum Gasteiger partial charge on any atom is -0.476 e. The molecule has 1 aromatic carbocycles. The first-order chi connectivity index (χ1) is 9.52. The number of rotatable bonds is 4. The van der Waals surface area contributed by atoms with E-state index in [0.717, 1.165) is 5.69 Å². The van der Waals surface area contributed by atoms with Gasteiger partial charge < -0.3 is 10.0 Å². The van der Waals surface area contributed by atoms with Crippen molar-refractivity contribution in [2.75, 3.05) is 11.4 Å². The smallest absolute Gasteiger partial charge is 0.356 e. The first-order valence-corrected chi connectivity index (χ1v) is 6.33. The van der Waals surface area contributed by atoms with Crippen LogP contribution in [0.1, 0.15) is 17.4 Å². The summed E-state index contributed by atoms with van der Waals surface area (Å²) in [5.74, 6) is -1.08. The van der Waals surface area contributed by atoms with E-state index in [-0.39, 0.29) is 16.5 Å². The summed E-state index contributed by atoms with van der Waals surface area (Å²) in [5, 5.41) is 9.12. The molecule has 0 spiro atoms. The summed E-state index contributed by atoms with van der Waals surface area (Å²) in [7, 11) is 0. The van der Waals surface area contributed by atoms with Gasteiger partial charge in [-0.05, 0) is 43.3 Å². The Morgan fingerprint density at radius 1 is 1.30 bits per heavy atom. The van der Waals surface area contributed by atoms with Crippen molar-refractivity contribution in [3.05, 3.63) is 52.9 Å². The lowest BCUT2D eigenvalue weighted by molar-refractivity contribution is 0.0691. The Balaban J connectivity index is 2.44. The van der Waals surface area contributed by atoms with E-state index in [1.54, 1.807) is 23.1 Å². The molecule has 0 saturated heterocycles. The fraction of sp³-hybridized carbons (Fsp3) is 0.143. The minimum absolute atomic E-state index is 0.0800. The molecule has 0 saturated carbocycles. The van der Waals surface area contributed by atoms with Gasteiger partial charge in [0.05, 0.1) is 5.02 Å². The molecule has 0 amide bonds. The van der Waals surface area contributed by atoms with Gasteiger partial charge in [0.25, 0.3) is 0 Å². The van der Waals surface area contributed by atoms with Crippen LogP contribution >= 0.6 is 11.6 Å². The van der Waals surface area contributed by atoms with E-state index < -0.39 is 5.97 Å². The van der Waals surface area contributed by atoms with Crippen LogP contribution in [-0.2, 0) is 0 Å². The van der Waals surface area contributed by atoms with Crippen LogP contribution in [0, 0.1) is 5.82 Å². The Kier molecular flexibility index (Phi) is 4.20. The molecule has 1 aromatic heterocycles. The molecule has 20 heavy (non-hydrogen) atoms. The third kappa shape index (κ3) is 2.88. The molecular formula is C14H12ClFN2O2. The van der Waals surface area contributed by atoms with Crippen LogP contribution in [0.25, 0.3) is 0 Å². The van der Waals surface area contributed by atoms with Gasteiger partial charge in [-0.1, -0.05) is 11.6 Å². The largest absolute Gasteiger partial charge is 0.476 e. The summed E-state index contributed by atoms with van der Waals surface area (Å²) in [5.41, 5.74) is 0.518. The molecule has 0 radical (unpaired) electrons. The van der Waals surface area contributed by atoms with Crippen LogP contribution in [0.15, 0.2) is 36.4 Å². The summed E-state index contributed by atoms with van der Waals surface area (Å²) in [6.45, 7) is 2.44. The summed E-state index contributed by atoms with van der Waals surface area (Å²) in [6, 6.07) is 9.00. The van der Waals surface area contributed by atoms with Crippen LogP contribution in [-0.4, -0.2) is 22.6 Å². The predicted molar refractivity (Wildman–Crippen MR) is 75.3 cm³/mol. The van der Waals surface area contributed by atoms with Crippen LogP contribution in [0.3, 0.4) is 0 Å². The van der Waals surface area contributed by atoms with Gasteiger partial charge in [-0.25, -0.2) is 14.2 Å². The zero-order chi connectivity index (χ0) is 14.7. The van der Waals surface area contributed by atoms with E-state index in [2.05, 4.69) is 4.98 Å². The molecule has 0 aliphatic rings. The number of carbonyl (C=O) groups is 1. The van der Waals surface area contributed by atoms with Gasteiger partial charge >= 0.3 is 5.97 Å². The highest BCUT2D eigenvalue weighted by Gasteiger charge is 2.15. The van der Waals surface area contributed by atoms with E-state index >= 15 is 0 Å². The molecule has 1 N–H and O–H groups in total. The van der Waals surface area contributed by atoms with Crippen LogP contribution in [0.2, 0.25) is 5.02 Å². The first-order valence-electron chi connectivity index (χ1n) is 5.96. The molecule has 0 aliphatic carbocycles. The number of benzene rings is 1. The number of halogens is 2. The zero-order valence-corrected chi connectivity index (χ0v) is 11.4. The van der Waals surface area contributed by atoms with Gasteiger partial charge in [0, 0.05) is 12.2 Å². The van der Waals surface area contributed by atoms with E-state index in [1.807, 2.05) is 6.92 Å². The molecule has 0 bridgehead atoms. The highest BCUT2D eigenvalue weighted by Crippen LogP contribution is 2.26. The normalized spacial score (nSPS) is 10.3. The van der Waals surface area contributed by atoms with Crippen molar-refractivity contribution in [3.8, 4) is 0 Å². The number of pyridine rings is 1. The number of anilines is 2. The molecule has 2 rings (SSSR count). The van der Waals surface area contributed by atoms with E-state index in [9.17, 15) is 9.18 Å². The molecule has 0 unspecified atom stereocenters. The minimum atomic E-state index is -1.19. The molecule has 6 heteroatoms. The van der Waals surface area contributed by atoms with Gasteiger partial charge in [-0.2, -0.15) is 0 Å². The highest BCUT2D eigenvalue weighted by molar-refractivity contribution is 6.33. The van der Waals surface area contributed by atoms with Gasteiger partial charge in [0.15, 0.2) is 5.69 Å². The number of carboxylic acid groups (broad SMARTS) is 1. The van der Waals surface area contributed by atoms with Gasteiger partial charge in [0.1, 0.15) is 11.6 Å². The second-order valence-corrected chi connectivity index (χ2v) is 4.43. The maximum atomic E-state index is 13.0. The Morgan fingerprint density at radius 3 is 2.50 bits per heavy atom. The number of aromatic carboxylic acids is 1. The number of hydrogen-bond donors (Lipinski definition) is 1. The van der Waals surface area contributed by atoms with E-state index in [0.29, 0.717) is 12.4 Å². The summed E-state index contributed by atoms with van der Waals surface area (Å²) in [6.07, 6.45) is 0. The first kappa shape index (κ1) is 14.3. The molecule has 104 valence electrons. The molecule has 2 aromatic rings. The van der Waals surface area contributed by atoms with Gasteiger partial charge in [-0.3, -0.25) is 0 Å². The average Bonchev–Trinajstić information content (AvgIpc) is 2.43. The summed E-state index contributed by atoms with van der Waals surface area (Å²) in [4.78, 5) is 16.9. The molecular weight excluding hydrogens is 283 g/mol. The second kappa shape index (κ2) is 5.88. The molecule has 0 fully saturated rings. The Labute approximate surface area is 120 Å². The third-order valence-electron chi connectivity index (χ3n) is 2.76. The van der Waals surface area contributed by atoms with Gasteiger partial charge in [-0.15, -0.1) is 0 Å². The monoisotopic (exact) mass is 294 g/mol. The summed E-state index contributed by atoms with van der Waals surface area (Å²) >= 11 is 5.79. The average molecular weight is 295 g/mol.